The van der Waals surface area contributed by atoms with E-state index in [0.29, 0.717) is 12.1 Å². The summed E-state index contributed by atoms with van der Waals surface area (Å²) in [7, 11) is 0. The molecule has 3 aromatic rings. The predicted octanol–water partition coefficient (Wildman–Crippen LogP) is 10.5. The molecule has 1 aliphatic carbocycles. The molecule has 0 amide bonds. The smallest absolute Gasteiger partial charge is 0.429 e. The summed E-state index contributed by atoms with van der Waals surface area (Å²) in [6, 6.07) is 4.08. The average molecular weight is 685 g/mol. The van der Waals surface area contributed by atoms with E-state index in [4.69, 9.17) is 0 Å². The van der Waals surface area contributed by atoms with Gasteiger partial charge in [0.25, 0.3) is 0 Å². The zero-order valence-corrected chi connectivity index (χ0v) is 24.8. The summed E-state index contributed by atoms with van der Waals surface area (Å²) < 4.78 is 160. The van der Waals surface area contributed by atoms with Crippen molar-refractivity contribution < 1.29 is 57.8 Å². The molecule has 0 heterocycles. The molecule has 252 valence electrons. The number of hydrogen-bond acceptors (Lipinski definition) is 2. The van der Waals surface area contributed by atoms with Crippen molar-refractivity contribution in [1.29, 1.82) is 0 Å². The lowest BCUT2D eigenvalue weighted by Gasteiger charge is -2.20. The minimum Gasteiger partial charge on any atom is -0.429 e. The third kappa shape index (κ3) is 9.34. The van der Waals surface area contributed by atoms with Crippen LogP contribution in [0.5, 0.6) is 11.5 Å². The van der Waals surface area contributed by atoms with Crippen molar-refractivity contribution in [3.8, 4) is 35.2 Å². The quantitative estimate of drug-likeness (QED) is 0.134. The second kappa shape index (κ2) is 14.9. The van der Waals surface area contributed by atoms with Crippen molar-refractivity contribution in [3.05, 3.63) is 117 Å². The molecule has 1 unspecified atom stereocenters. The van der Waals surface area contributed by atoms with Crippen molar-refractivity contribution >= 4 is 0 Å². The van der Waals surface area contributed by atoms with Crippen LogP contribution in [0.25, 0.3) is 0 Å². The first kappa shape index (κ1) is 35.9. The zero-order valence-electron chi connectivity index (χ0n) is 24.8. The van der Waals surface area contributed by atoms with E-state index in [9.17, 15) is 48.3 Å². The van der Waals surface area contributed by atoms with Crippen molar-refractivity contribution in [2.75, 3.05) is 0 Å². The Morgan fingerprint density at radius 2 is 1.33 bits per heavy atom. The average Bonchev–Trinajstić information content (AvgIpc) is 2.97. The maximum Gasteiger partial charge on any atom is 0.573 e. The first-order valence-electron chi connectivity index (χ1n) is 14.3. The SMILES string of the molecule is CCCCCC1C=CC(C#Cc2ccc(C#Cc3cc(F)c(C(F)(F)Oc4cc(F)c(OC(F)(F)F)c(F)c4)c(F)c3)c(F)c2)=C(F)C1. The highest BCUT2D eigenvalue weighted by Crippen LogP contribution is 2.38. The van der Waals surface area contributed by atoms with Gasteiger partial charge in [0.15, 0.2) is 11.6 Å². The molecular formula is C35H23F11O2. The summed E-state index contributed by atoms with van der Waals surface area (Å²) in [5, 5.41) is 0. The normalized spacial score (nSPS) is 14.6. The first-order valence-corrected chi connectivity index (χ1v) is 14.3. The highest BCUT2D eigenvalue weighted by Gasteiger charge is 2.42. The number of rotatable bonds is 8. The monoisotopic (exact) mass is 684 g/mol. The van der Waals surface area contributed by atoms with Crippen LogP contribution in [0.4, 0.5) is 48.3 Å². The second-order valence-electron chi connectivity index (χ2n) is 10.5. The summed E-state index contributed by atoms with van der Waals surface area (Å²) in [6.07, 6.45) is -2.73. The first-order chi connectivity index (χ1) is 22.6. The van der Waals surface area contributed by atoms with Crippen molar-refractivity contribution in [2.24, 2.45) is 5.92 Å². The Bertz CT molecular complexity index is 1820. The predicted molar refractivity (Wildman–Crippen MR) is 153 cm³/mol. The van der Waals surface area contributed by atoms with Crippen molar-refractivity contribution in [1.82, 2.24) is 0 Å². The van der Waals surface area contributed by atoms with Gasteiger partial charge in [0.1, 0.15) is 34.6 Å². The molecule has 0 spiro atoms. The number of benzene rings is 3. The lowest BCUT2D eigenvalue weighted by molar-refractivity contribution is -0.276. The summed E-state index contributed by atoms with van der Waals surface area (Å²) in [6.45, 7) is 2.08. The van der Waals surface area contributed by atoms with Crippen LogP contribution in [0.1, 0.15) is 61.3 Å². The summed E-state index contributed by atoms with van der Waals surface area (Å²) >= 11 is 0. The topological polar surface area (TPSA) is 18.5 Å². The molecule has 0 N–H and O–H groups in total. The van der Waals surface area contributed by atoms with Gasteiger partial charge in [0, 0.05) is 29.7 Å². The van der Waals surface area contributed by atoms with Gasteiger partial charge < -0.3 is 9.47 Å². The fourth-order valence-electron chi connectivity index (χ4n) is 4.60. The minimum absolute atomic E-state index is 0.0912. The Kier molecular flexibility index (Phi) is 11.1. The van der Waals surface area contributed by atoms with E-state index in [-0.39, 0.29) is 47.0 Å². The molecule has 0 radical (unpaired) electrons. The number of allylic oxidation sites excluding steroid dienone is 4. The Balaban J connectivity index is 1.48. The van der Waals surface area contributed by atoms with Gasteiger partial charge in [-0.15, -0.1) is 13.2 Å². The van der Waals surface area contributed by atoms with E-state index in [1.165, 1.54) is 12.1 Å². The van der Waals surface area contributed by atoms with Gasteiger partial charge in [0.05, 0.1) is 11.1 Å². The third-order valence-corrected chi connectivity index (χ3v) is 6.87. The van der Waals surface area contributed by atoms with Crippen LogP contribution in [0.15, 0.2) is 66.0 Å². The van der Waals surface area contributed by atoms with Crippen LogP contribution in [0.2, 0.25) is 0 Å². The molecule has 0 saturated carbocycles. The van der Waals surface area contributed by atoms with E-state index in [2.05, 4.69) is 40.1 Å². The Hall–Kier alpha value is -4.91. The van der Waals surface area contributed by atoms with Gasteiger partial charge in [-0.1, -0.05) is 55.9 Å². The molecular weight excluding hydrogens is 661 g/mol. The molecule has 1 aliphatic rings. The highest BCUT2D eigenvalue weighted by atomic mass is 19.4. The molecule has 48 heavy (non-hydrogen) atoms. The van der Waals surface area contributed by atoms with Gasteiger partial charge in [-0.25, -0.2) is 26.3 Å². The Morgan fingerprint density at radius 3 is 1.92 bits per heavy atom. The zero-order chi connectivity index (χ0) is 35.2. The maximum absolute atomic E-state index is 14.7. The largest absolute Gasteiger partial charge is 0.573 e. The molecule has 0 aromatic heterocycles. The van der Waals surface area contributed by atoms with E-state index in [1.807, 2.05) is 6.08 Å². The van der Waals surface area contributed by atoms with Crippen LogP contribution in [-0.4, -0.2) is 6.36 Å². The van der Waals surface area contributed by atoms with Crippen LogP contribution in [-0.2, 0) is 6.11 Å². The molecule has 0 bridgehead atoms. The minimum atomic E-state index is -5.51. The van der Waals surface area contributed by atoms with Gasteiger partial charge in [-0.3, -0.25) is 0 Å². The van der Waals surface area contributed by atoms with Crippen LogP contribution < -0.4 is 9.47 Å². The summed E-state index contributed by atoms with van der Waals surface area (Å²) in [4.78, 5) is 0. The lowest BCUT2D eigenvalue weighted by Crippen LogP contribution is -2.25. The Morgan fingerprint density at radius 1 is 0.708 bits per heavy atom. The van der Waals surface area contributed by atoms with Crippen LogP contribution in [0.3, 0.4) is 0 Å². The van der Waals surface area contributed by atoms with Gasteiger partial charge >= 0.3 is 12.5 Å². The summed E-state index contributed by atoms with van der Waals surface area (Å²) in [5.74, 6) is -2.70. The lowest BCUT2D eigenvalue weighted by atomic mass is 9.91. The number of unbranched alkanes of at least 4 members (excludes halogenated alkanes) is 2. The number of alkyl halides is 5. The summed E-state index contributed by atoms with van der Waals surface area (Å²) in [5.41, 5.74) is -2.41. The molecule has 4 rings (SSSR count). The molecule has 3 aromatic carbocycles. The van der Waals surface area contributed by atoms with E-state index in [0.717, 1.165) is 31.7 Å². The van der Waals surface area contributed by atoms with Crippen LogP contribution in [0, 0.1) is 58.7 Å². The number of hydrogen-bond donors (Lipinski definition) is 0. The van der Waals surface area contributed by atoms with Gasteiger partial charge in [0.2, 0.25) is 5.75 Å². The Labute approximate surface area is 267 Å². The highest BCUT2D eigenvalue weighted by molar-refractivity contribution is 5.51. The van der Waals surface area contributed by atoms with Crippen molar-refractivity contribution in [2.45, 2.75) is 51.5 Å². The molecule has 0 aliphatic heterocycles. The molecule has 13 heteroatoms. The maximum atomic E-state index is 14.7. The fourth-order valence-corrected chi connectivity index (χ4v) is 4.60. The van der Waals surface area contributed by atoms with Crippen molar-refractivity contribution in [3.63, 3.8) is 0 Å². The number of halogens is 11. The van der Waals surface area contributed by atoms with Crippen LogP contribution >= 0.6 is 0 Å². The number of ether oxygens (including phenoxy) is 2. The third-order valence-electron chi connectivity index (χ3n) is 6.87. The molecule has 1 atom stereocenters. The molecule has 0 fully saturated rings. The standard InChI is InChI=1S/C35H23F11O2/c1-2-3-4-5-20-6-10-23(26(36)14-20)11-7-21-8-12-24(27(37)15-21)13-9-22-16-28(38)32(29(39)17-22)34(42,43)47-25-18-30(40)33(31(41)19-25)48-35(44,45)46/h6,8,10,12,15-20H,2-5,14H2,1H3. The fraction of sp³-hybridized carbons (Fsp3) is 0.257. The second-order valence-corrected chi connectivity index (χ2v) is 10.5. The molecule has 2 nitrogen and oxygen atoms in total. The molecule has 0 saturated heterocycles. The van der Waals surface area contributed by atoms with E-state index >= 15 is 0 Å². The van der Waals surface area contributed by atoms with Gasteiger partial charge in [-0.2, -0.15) is 8.78 Å². The van der Waals surface area contributed by atoms with E-state index in [1.54, 1.807) is 6.08 Å². The van der Waals surface area contributed by atoms with E-state index < -0.39 is 64.2 Å². The van der Waals surface area contributed by atoms with Gasteiger partial charge in [-0.05, 0) is 48.7 Å².